The number of benzene rings is 1. The topological polar surface area (TPSA) is 115 Å². The van der Waals surface area contributed by atoms with Gasteiger partial charge in [-0.25, -0.2) is 14.4 Å². The van der Waals surface area contributed by atoms with E-state index in [9.17, 15) is 5.11 Å². The second-order valence-electron chi connectivity index (χ2n) is 9.27. The van der Waals surface area contributed by atoms with Crippen LogP contribution in [0, 0.1) is 11.2 Å². The Morgan fingerprint density at radius 1 is 1.15 bits per heavy atom. The van der Waals surface area contributed by atoms with Crippen molar-refractivity contribution in [2.45, 2.75) is 33.4 Å². The first-order valence-electron chi connectivity index (χ1n) is 10.7. The van der Waals surface area contributed by atoms with E-state index in [0.29, 0.717) is 51.3 Å². The number of aliphatic hydroxyl groups is 1. The molecule has 0 aliphatic carbocycles. The number of pyridine rings is 2. The monoisotopic (exact) mass is 445 g/mol. The summed E-state index contributed by atoms with van der Waals surface area (Å²) in [4.78, 5) is 16.1. The highest BCUT2D eigenvalue weighted by Crippen LogP contribution is 2.34. The number of aliphatic hydroxyl groups excluding tert-OH is 1. The minimum absolute atomic E-state index is 0.0432. The van der Waals surface area contributed by atoms with Crippen molar-refractivity contribution < 1.29 is 9.50 Å². The summed E-state index contributed by atoms with van der Waals surface area (Å²) < 4.78 is 15.8. The minimum Gasteiger partial charge on any atom is -0.374 e. The Balaban J connectivity index is 1.53. The van der Waals surface area contributed by atoms with Crippen molar-refractivity contribution in [3.05, 3.63) is 54.7 Å². The molecule has 0 aliphatic heterocycles. The van der Waals surface area contributed by atoms with Crippen LogP contribution < -0.4 is 5.32 Å². The number of rotatable bonds is 5. The molecule has 0 radical (unpaired) electrons. The van der Waals surface area contributed by atoms with Gasteiger partial charge in [0.25, 0.3) is 0 Å². The number of aromatic amines is 2. The summed E-state index contributed by atoms with van der Waals surface area (Å²) in [6.45, 7) is 6.16. The summed E-state index contributed by atoms with van der Waals surface area (Å²) in [7, 11) is 0. The van der Waals surface area contributed by atoms with Crippen molar-refractivity contribution in [1.29, 1.82) is 0 Å². The molecule has 4 N–H and O–H groups in total. The van der Waals surface area contributed by atoms with E-state index in [0.717, 1.165) is 5.52 Å². The smallest absolute Gasteiger partial charge is 0.178 e. The molecular weight excluding hydrogens is 421 g/mol. The van der Waals surface area contributed by atoms with Gasteiger partial charge in [-0.2, -0.15) is 5.10 Å². The van der Waals surface area contributed by atoms with Gasteiger partial charge < -0.3 is 15.4 Å². The molecule has 5 rings (SSSR count). The fourth-order valence-corrected chi connectivity index (χ4v) is 3.91. The third-order valence-electron chi connectivity index (χ3n) is 5.34. The highest BCUT2D eigenvalue weighted by atomic mass is 19.1. The summed E-state index contributed by atoms with van der Waals surface area (Å²) in [5.74, 6) is 0.00343. The maximum atomic E-state index is 15.8. The third kappa shape index (κ3) is 4.14. The average Bonchev–Trinajstić information content (AvgIpc) is 3.37. The van der Waals surface area contributed by atoms with Crippen molar-refractivity contribution in [3.8, 4) is 22.6 Å². The van der Waals surface area contributed by atoms with Gasteiger partial charge in [-0.15, -0.1) is 0 Å². The molecule has 0 fully saturated rings. The molecule has 5 aromatic rings. The van der Waals surface area contributed by atoms with Crippen LogP contribution in [0.5, 0.6) is 0 Å². The number of hydrogen-bond donors (Lipinski definition) is 4. The first-order chi connectivity index (χ1) is 15.8. The first kappa shape index (κ1) is 21.0. The van der Waals surface area contributed by atoms with Gasteiger partial charge in [-0.3, -0.25) is 10.1 Å². The summed E-state index contributed by atoms with van der Waals surface area (Å²) in [5.41, 5.74) is 3.75. The van der Waals surface area contributed by atoms with E-state index in [4.69, 9.17) is 0 Å². The average molecular weight is 446 g/mol. The quantitative estimate of drug-likeness (QED) is 0.287. The Morgan fingerprint density at radius 2 is 2.00 bits per heavy atom. The van der Waals surface area contributed by atoms with Crippen molar-refractivity contribution in [1.82, 2.24) is 30.1 Å². The summed E-state index contributed by atoms with van der Waals surface area (Å²) >= 11 is 0. The van der Waals surface area contributed by atoms with Crippen LogP contribution in [0.1, 0.15) is 27.2 Å². The predicted octanol–water partition coefficient (Wildman–Crippen LogP) is 4.87. The number of nitrogens with one attached hydrogen (secondary N) is 3. The largest absolute Gasteiger partial charge is 0.374 e. The lowest BCUT2D eigenvalue weighted by Crippen LogP contribution is -2.25. The summed E-state index contributed by atoms with van der Waals surface area (Å²) in [6, 6.07) is 8.89. The van der Waals surface area contributed by atoms with Crippen LogP contribution in [0.3, 0.4) is 0 Å². The second-order valence-corrected chi connectivity index (χ2v) is 9.27. The van der Waals surface area contributed by atoms with Gasteiger partial charge in [-0.05, 0) is 42.2 Å². The van der Waals surface area contributed by atoms with Crippen LogP contribution in [0.15, 0.2) is 48.9 Å². The molecule has 8 nitrogen and oxygen atoms in total. The molecule has 33 heavy (non-hydrogen) atoms. The highest BCUT2D eigenvalue weighted by Gasteiger charge is 2.20. The molecule has 0 bridgehead atoms. The van der Waals surface area contributed by atoms with Crippen LogP contribution in [0.4, 0.5) is 10.1 Å². The normalized spacial score (nSPS) is 13.0. The van der Waals surface area contributed by atoms with Crippen molar-refractivity contribution in [2.75, 3.05) is 5.32 Å². The van der Waals surface area contributed by atoms with E-state index in [1.807, 2.05) is 6.07 Å². The van der Waals surface area contributed by atoms with Gasteiger partial charge >= 0.3 is 0 Å². The van der Waals surface area contributed by atoms with Crippen molar-refractivity contribution >= 4 is 27.8 Å². The molecule has 0 saturated heterocycles. The zero-order valence-corrected chi connectivity index (χ0v) is 18.5. The van der Waals surface area contributed by atoms with Crippen LogP contribution in [0.2, 0.25) is 0 Å². The van der Waals surface area contributed by atoms with Gasteiger partial charge in [0.05, 0.1) is 28.3 Å². The molecule has 0 saturated carbocycles. The molecule has 0 amide bonds. The molecule has 1 unspecified atom stereocenters. The Labute approximate surface area is 189 Å². The standard InChI is InChI=1S/C24H24FN7O/c1-24(2,3)10-18(33)28-14-9-13(11-26-12-14)15-6-7-16-19(20(15)25)21(32-31-16)23-29-17-5-4-8-27-22(17)30-23/h4-9,11-12,18,28,33H,10H2,1-3H3,(H,31,32)(H,27,29,30). The molecular formula is C24H24FN7O. The van der Waals surface area contributed by atoms with Crippen molar-refractivity contribution in [3.63, 3.8) is 0 Å². The van der Waals surface area contributed by atoms with Gasteiger partial charge in [-0.1, -0.05) is 20.8 Å². The number of H-pyrrole nitrogens is 2. The number of anilines is 1. The van der Waals surface area contributed by atoms with E-state index in [2.05, 4.69) is 56.2 Å². The molecule has 9 heteroatoms. The lowest BCUT2D eigenvalue weighted by Gasteiger charge is -2.23. The number of hydrogen-bond acceptors (Lipinski definition) is 6. The first-order valence-corrected chi connectivity index (χ1v) is 10.7. The SMILES string of the molecule is CC(C)(C)CC(O)Nc1cncc(-c2ccc3[nH]nc(-c4nc5ncccc5[nH]4)c3c2F)c1. The van der Waals surface area contributed by atoms with E-state index >= 15 is 4.39 Å². The molecule has 1 aromatic carbocycles. The molecule has 0 spiro atoms. The molecule has 168 valence electrons. The van der Waals surface area contributed by atoms with E-state index in [1.165, 1.54) is 0 Å². The summed E-state index contributed by atoms with van der Waals surface area (Å²) in [5, 5.41) is 20.9. The minimum atomic E-state index is -0.739. The zero-order chi connectivity index (χ0) is 23.2. The van der Waals surface area contributed by atoms with Crippen LogP contribution in [-0.2, 0) is 0 Å². The van der Waals surface area contributed by atoms with Crippen LogP contribution >= 0.6 is 0 Å². The fourth-order valence-electron chi connectivity index (χ4n) is 3.91. The Bertz CT molecular complexity index is 1420. The molecule has 4 aromatic heterocycles. The number of nitrogens with zero attached hydrogens (tertiary/aromatic N) is 4. The van der Waals surface area contributed by atoms with E-state index in [-0.39, 0.29) is 5.41 Å². The molecule has 0 aliphatic rings. The highest BCUT2D eigenvalue weighted by molar-refractivity contribution is 5.96. The van der Waals surface area contributed by atoms with Gasteiger partial charge in [0.15, 0.2) is 11.5 Å². The van der Waals surface area contributed by atoms with Gasteiger partial charge in [0.1, 0.15) is 17.7 Å². The molecule has 1 atom stereocenters. The lowest BCUT2D eigenvalue weighted by molar-refractivity contribution is 0.145. The maximum absolute atomic E-state index is 15.8. The van der Waals surface area contributed by atoms with E-state index in [1.54, 1.807) is 42.9 Å². The van der Waals surface area contributed by atoms with Gasteiger partial charge in [0, 0.05) is 23.5 Å². The molecule has 4 heterocycles. The maximum Gasteiger partial charge on any atom is 0.178 e. The van der Waals surface area contributed by atoms with Gasteiger partial charge in [0.2, 0.25) is 0 Å². The van der Waals surface area contributed by atoms with Crippen molar-refractivity contribution in [2.24, 2.45) is 5.41 Å². The predicted molar refractivity (Wildman–Crippen MR) is 126 cm³/mol. The lowest BCUT2D eigenvalue weighted by atomic mass is 9.91. The Kier molecular flexibility index (Phi) is 5.05. The van der Waals surface area contributed by atoms with Crippen LogP contribution in [0.25, 0.3) is 44.7 Å². The van der Waals surface area contributed by atoms with Crippen LogP contribution in [-0.4, -0.2) is 41.5 Å². The number of imidazole rings is 1. The number of fused-ring (bicyclic) bond motifs is 2. The fraction of sp³-hybridized carbons (Fsp3) is 0.250. The zero-order valence-electron chi connectivity index (χ0n) is 18.5. The third-order valence-corrected chi connectivity index (χ3v) is 5.34. The summed E-state index contributed by atoms with van der Waals surface area (Å²) in [6.07, 6.45) is 4.67. The number of halogens is 1. The second kappa shape index (κ2) is 7.93. The number of aromatic nitrogens is 6. The Morgan fingerprint density at radius 3 is 2.79 bits per heavy atom. The van der Waals surface area contributed by atoms with E-state index < -0.39 is 12.0 Å². The Hall–Kier alpha value is -3.85.